The predicted molar refractivity (Wildman–Crippen MR) is 104 cm³/mol. The van der Waals surface area contributed by atoms with Crippen LogP contribution in [-0.4, -0.2) is 44.0 Å². The Morgan fingerprint density at radius 2 is 1.46 bits per heavy atom. The van der Waals surface area contributed by atoms with Gasteiger partial charge in [0.2, 0.25) is 10.0 Å². The van der Waals surface area contributed by atoms with Crippen LogP contribution in [0.2, 0.25) is 0 Å². The summed E-state index contributed by atoms with van der Waals surface area (Å²) in [5.74, 6) is 0. The van der Waals surface area contributed by atoms with E-state index >= 15 is 0 Å². The number of anilines is 2. The van der Waals surface area contributed by atoms with Crippen LogP contribution in [0, 0.1) is 0 Å². The van der Waals surface area contributed by atoms with Crippen molar-refractivity contribution in [3.05, 3.63) is 54.1 Å². The Morgan fingerprint density at radius 3 is 1.96 bits per heavy atom. The maximum Gasteiger partial charge on any atom is 0.243 e. The summed E-state index contributed by atoms with van der Waals surface area (Å²) in [5, 5.41) is 10.0. The minimum absolute atomic E-state index is 0.273. The second-order valence-corrected chi connectivity index (χ2v) is 9.00. The Labute approximate surface area is 154 Å². The van der Waals surface area contributed by atoms with Gasteiger partial charge in [0.05, 0.1) is 10.5 Å². The largest absolute Gasteiger partial charge is 0.399 e. The van der Waals surface area contributed by atoms with E-state index in [4.69, 9.17) is 5.73 Å². The van der Waals surface area contributed by atoms with Crippen LogP contribution in [0.25, 0.3) is 0 Å². The van der Waals surface area contributed by atoms with Crippen LogP contribution >= 0.6 is 0 Å². The Bertz CT molecular complexity index is 848. The molecule has 1 aliphatic heterocycles. The molecule has 2 aromatic rings. The van der Waals surface area contributed by atoms with Gasteiger partial charge < -0.3 is 15.7 Å². The monoisotopic (exact) mass is 375 g/mol. The van der Waals surface area contributed by atoms with E-state index in [0.29, 0.717) is 31.9 Å². The van der Waals surface area contributed by atoms with Crippen LogP contribution < -0.4 is 10.6 Å². The van der Waals surface area contributed by atoms with Gasteiger partial charge in [-0.3, -0.25) is 0 Å². The Morgan fingerprint density at radius 1 is 0.923 bits per heavy atom. The van der Waals surface area contributed by atoms with Gasteiger partial charge in [-0.15, -0.1) is 0 Å². The number of aliphatic hydroxyl groups is 1. The highest BCUT2D eigenvalue weighted by atomic mass is 32.2. The fraction of sp³-hybridized carbons (Fsp3) is 0.368. The number of nitrogens with two attached hydrogens (primary N) is 1. The van der Waals surface area contributed by atoms with E-state index < -0.39 is 15.6 Å². The summed E-state index contributed by atoms with van der Waals surface area (Å²) in [6.07, 6.45) is 0. The summed E-state index contributed by atoms with van der Waals surface area (Å²) in [7, 11) is -3.49. The first-order valence-corrected chi connectivity index (χ1v) is 10.1. The molecule has 7 heteroatoms. The zero-order valence-electron chi connectivity index (χ0n) is 15.1. The summed E-state index contributed by atoms with van der Waals surface area (Å²) < 4.78 is 27.0. The molecule has 0 unspecified atom stereocenters. The average molecular weight is 375 g/mol. The molecule has 1 saturated heterocycles. The third-order valence-corrected chi connectivity index (χ3v) is 6.61. The molecule has 1 fully saturated rings. The molecule has 3 N–H and O–H groups in total. The van der Waals surface area contributed by atoms with Crippen LogP contribution in [-0.2, 0) is 15.6 Å². The number of benzene rings is 2. The lowest BCUT2D eigenvalue weighted by atomic mass is 9.98. The maximum absolute atomic E-state index is 12.7. The highest BCUT2D eigenvalue weighted by Crippen LogP contribution is 2.25. The quantitative estimate of drug-likeness (QED) is 0.798. The zero-order chi connectivity index (χ0) is 18.9. The summed E-state index contributed by atoms with van der Waals surface area (Å²) in [6, 6.07) is 14.1. The first kappa shape index (κ1) is 18.7. The van der Waals surface area contributed by atoms with E-state index in [9.17, 15) is 13.5 Å². The summed E-state index contributed by atoms with van der Waals surface area (Å²) in [4.78, 5) is 2.43. The summed E-state index contributed by atoms with van der Waals surface area (Å²) in [5.41, 5.74) is 7.19. The molecule has 3 rings (SSSR count). The van der Waals surface area contributed by atoms with Crippen LogP contribution in [0.4, 0.5) is 11.4 Å². The first-order valence-electron chi connectivity index (χ1n) is 8.61. The Balaban J connectivity index is 1.68. The van der Waals surface area contributed by atoms with Gasteiger partial charge in [0, 0.05) is 37.6 Å². The number of piperazine rings is 1. The molecule has 0 bridgehead atoms. The zero-order valence-corrected chi connectivity index (χ0v) is 15.9. The lowest BCUT2D eigenvalue weighted by Gasteiger charge is -2.35. The van der Waals surface area contributed by atoms with Gasteiger partial charge in [-0.2, -0.15) is 4.31 Å². The molecule has 1 aliphatic rings. The molecule has 0 atom stereocenters. The third kappa shape index (κ3) is 3.85. The molecule has 0 spiro atoms. The number of nitrogen functional groups attached to an aromatic ring is 1. The van der Waals surface area contributed by atoms with Crippen molar-refractivity contribution in [1.29, 1.82) is 0 Å². The van der Waals surface area contributed by atoms with Crippen molar-refractivity contribution in [2.24, 2.45) is 0 Å². The molecular formula is C19H25N3O3S. The minimum Gasteiger partial charge on any atom is -0.399 e. The molecule has 0 radical (unpaired) electrons. The third-order valence-electron chi connectivity index (χ3n) is 4.70. The predicted octanol–water partition coefficient (Wildman–Crippen LogP) is 2.01. The van der Waals surface area contributed by atoms with Gasteiger partial charge in [-0.25, -0.2) is 8.42 Å². The SMILES string of the molecule is CC(C)(O)c1ccc(N2CCN(S(=O)(=O)c3ccc(N)cc3)CC2)cc1. The highest BCUT2D eigenvalue weighted by molar-refractivity contribution is 7.89. The molecule has 0 amide bonds. The van der Waals surface area contributed by atoms with Crippen molar-refractivity contribution >= 4 is 21.4 Å². The van der Waals surface area contributed by atoms with Gasteiger partial charge in [0.1, 0.15) is 0 Å². The number of nitrogens with zero attached hydrogens (tertiary/aromatic N) is 2. The summed E-state index contributed by atoms with van der Waals surface area (Å²) >= 11 is 0. The van der Waals surface area contributed by atoms with E-state index in [-0.39, 0.29) is 4.90 Å². The Kier molecular flexibility index (Phi) is 4.96. The smallest absolute Gasteiger partial charge is 0.243 e. The lowest BCUT2D eigenvalue weighted by molar-refractivity contribution is 0.0786. The summed E-state index contributed by atoms with van der Waals surface area (Å²) in [6.45, 7) is 5.61. The molecule has 26 heavy (non-hydrogen) atoms. The van der Waals surface area contributed by atoms with Crippen molar-refractivity contribution in [2.75, 3.05) is 36.8 Å². The van der Waals surface area contributed by atoms with Crippen molar-refractivity contribution in [3.8, 4) is 0 Å². The lowest BCUT2D eigenvalue weighted by Crippen LogP contribution is -2.48. The van der Waals surface area contributed by atoms with Crippen molar-refractivity contribution in [3.63, 3.8) is 0 Å². The van der Waals surface area contributed by atoms with Gasteiger partial charge in [-0.05, 0) is 55.8 Å². The fourth-order valence-electron chi connectivity index (χ4n) is 3.06. The first-order chi connectivity index (χ1) is 12.2. The number of sulfonamides is 1. The Hall–Kier alpha value is -2.09. The van der Waals surface area contributed by atoms with E-state index in [1.807, 2.05) is 24.3 Å². The van der Waals surface area contributed by atoms with Crippen LogP contribution in [0.15, 0.2) is 53.4 Å². The van der Waals surface area contributed by atoms with Crippen LogP contribution in [0.5, 0.6) is 0 Å². The van der Waals surface area contributed by atoms with E-state index in [0.717, 1.165) is 11.3 Å². The molecule has 0 aliphatic carbocycles. The second-order valence-electron chi connectivity index (χ2n) is 7.07. The normalized spacial score (nSPS) is 16.7. The van der Waals surface area contributed by atoms with E-state index in [2.05, 4.69) is 4.90 Å². The number of hydrogen-bond donors (Lipinski definition) is 2. The molecule has 0 saturated carbocycles. The van der Waals surface area contributed by atoms with Crippen LogP contribution in [0.3, 0.4) is 0 Å². The van der Waals surface area contributed by atoms with Crippen molar-refractivity contribution in [1.82, 2.24) is 4.31 Å². The molecule has 6 nitrogen and oxygen atoms in total. The number of hydrogen-bond acceptors (Lipinski definition) is 5. The van der Waals surface area contributed by atoms with Gasteiger partial charge in [0.15, 0.2) is 0 Å². The average Bonchev–Trinajstić information content (AvgIpc) is 2.62. The van der Waals surface area contributed by atoms with E-state index in [1.54, 1.807) is 38.1 Å². The molecule has 2 aromatic carbocycles. The molecular weight excluding hydrogens is 350 g/mol. The second kappa shape index (κ2) is 6.90. The minimum atomic E-state index is -3.49. The standard InChI is InChI=1S/C19H25N3O3S/c1-19(2,23)15-3-7-17(8-4-15)21-11-13-22(14-12-21)26(24,25)18-9-5-16(20)6-10-18/h3-10,23H,11-14,20H2,1-2H3. The van der Waals surface area contributed by atoms with Gasteiger partial charge >= 0.3 is 0 Å². The fourth-order valence-corrected chi connectivity index (χ4v) is 4.48. The van der Waals surface area contributed by atoms with Gasteiger partial charge in [-0.1, -0.05) is 12.1 Å². The van der Waals surface area contributed by atoms with Crippen molar-refractivity contribution < 1.29 is 13.5 Å². The molecule has 140 valence electrons. The number of rotatable bonds is 4. The van der Waals surface area contributed by atoms with Crippen LogP contribution in [0.1, 0.15) is 19.4 Å². The maximum atomic E-state index is 12.7. The molecule has 1 heterocycles. The highest BCUT2D eigenvalue weighted by Gasteiger charge is 2.28. The van der Waals surface area contributed by atoms with Crippen molar-refractivity contribution in [2.45, 2.75) is 24.3 Å². The van der Waals surface area contributed by atoms with Gasteiger partial charge in [0.25, 0.3) is 0 Å². The topological polar surface area (TPSA) is 86.9 Å². The van der Waals surface area contributed by atoms with E-state index in [1.165, 1.54) is 4.31 Å². The molecule has 0 aromatic heterocycles.